The number of anilines is 2. The van der Waals surface area contributed by atoms with Gasteiger partial charge in [-0.1, -0.05) is 26.7 Å². The molecule has 6 heterocycles. The highest BCUT2D eigenvalue weighted by molar-refractivity contribution is 5.82. The number of halogens is 2. The molecule has 2 aliphatic heterocycles. The van der Waals surface area contributed by atoms with Crippen molar-refractivity contribution >= 4 is 51.9 Å². The Hall–Kier alpha value is -6.11. The molecule has 21 nitrogen and oxygen atoms in total. The van der Waals surface area contributed by atoms with Gasteiger partial charge in [0.25, 0.3) is 17.3 Å². The van der Waals surface area contributed by atoms with E-state index < -0.39 is 78.7 Å². The van der Waals surface area contributed by atoms with Crippen LogP contribution in [-0.4, -0.2) is 121 Å². The number of hydrogen-bond acceptors (Lipinski definition) is 19. The number of imidazole rings is 2. The van der Waals surface area contributed by atoms with Gasteiger partial charge in [0.15, 0.2) is 48.1 Å². The molecular weight excluding hydrogens is 750 g/mol. The van der Waals surface area contributed by atoms with E-state index in [9.17, 15) is 29.0 Å². The van der Waals surface area contributed by atoms with Crippen LogP contribution in [0.15, 0.2) is 25.3 Å². The molecule has 2 saturated heterocycles. The lowest BCUT2D eigenvalue weighted by Crippen LogP contribution is -2.55. The number of rotatable bonds is 10. The number of aromatic nitrogens is 8. The second-order valence-electron chi connectivity index (χ2n) is 12.2. The highest BCUT2D eigenvalue weighted by Gasteiger charge is 2.71. The molecule has 7 N–H and O–H groups in total. The number of hydrogen-bond donors (Lipinski definition) is 5. The van der Waals surface area contributed by atoms with Crippen LogP contribution in [0.4, 0.5) is 20.4 Å². The molecule has 23 heteroatoms. The first-order chi connectivity index (χ1) is 26.5. The van der Waals surface area contributed by atoms with Gasteiger partial charge < -0.3 is 50.5 Å². The molecule has 4 aromatic heterocycles. The third-order valence-electron chi connectivity index (χ3n) is 8.74. The van der Waals surface area contributed by atoms with Gasteiger partial charge in [0, 0.05) is 19.3 Å². The lowest BCUT2D eigenvalue weighted by atomic mass is 9.92. The van der Waals surface area contributed by atoms with Crippen LogP contribution in [0.25, 0.3) is 22.3 Å². The molecule has 2 fully saturated rings. The Morgan fingerprint density at radius 3 is 1.84 bits per heavy atom. The Morgan fingerprint density at radius 2 is 1.36 bits per heavy atom. The van der Waals surface area contributed by atoms with E-state index in [1.807, 2.05) is 5.92 Å². The van der Waals surface area contributed by atoms with E-state index >= 15 is 4.39 Å². The SMILES string of the molecule is C#C[C@]1(O)[C@H](n2cnc3c(N)ncnc32)O[C@](F)(CO)[C@H]1O.C#C[C@]1(OC(=O)CC)[C@H](n2cnc3c(N)ncnc32)O[C@](F)(COC(=O)CC)[C@H]1OC(=O)CC. The maximum atomic E-state index is 16.4. The number of esters is 3. The lowest BCUT2D eigenvalue weighted by molar-refractivity contribution is -0.224. The fourth-order valence-corrected chi connectivity index (χ4v) is 5.80. The van der Waals surface area contributed by atoms with Crippen molar-refractivity contribution in [3.8, 4) is 24.7 Å². The molecule has 0 unspecified atom stereocenters. The summed E-state index contributed by atoms with van der Waals surface area (Å²) in [5.41, 5.74) is 7.27. The number of terminal acetylenes is 2. The van der Waals surface area contributed by atoms with Crippen molar-refractivity contribution in [2.24, 2.45) is 0 Å². The van der Waals surface area contributed by atoms with Crippen molar-refractivity contribution in [2.75, 3.05) is 24.7 Å². The number of carbonyl (C=O) groups excluding carboxylic acids is 3. The summed E-state index contributed by atoms with van der Waals surface area (Å²) in [7, 11) is 0. The summed E-state index contributed by atoms with van der Waals surface area (Å²) in [6.45, 7) is 2.30. The number of ether oxygens (including phenoxy) is 5. The highest BCUT2D eigenvalue weighted by Crippen LogP contribution is 2.50. The van der Waals surface area contributed by atoms with Gasteiger partial charge in [0.1, 0.15) is 30.3 Å². The van der Waals surface area contributed by atoms with Crippen LogP contribution in [-0.2, 0) is 38.1 Å². The maximum Gasteiger partial charge on any atom is 0.307 e. The van der Waals surface area contributed by atoms with Gasteiger partial charge in [-0.05, 0) is 5.92 Å². The molecule has 0 radical (unpaired) electrons. The zero-order valence-corrected chi connectivity index (χ0v) is 29.9. The molecule has 8 atom stereocenters. The number of nitrogen functional groups attached to an aromatic ring is 2. The van der Waals surface area contributed by atoms with E-state index in [1.165, 1.54) is 38.0 Å². The van der Waals surface area contributed by atoms with Crippen molar-refractivity contribution in [3.05, 3.63) is 25.3 Å². The first kappa shape index (κ1) is 41.1. The molecule has 0 spiro atoms. The maximum absolute atomic E-state index is 16.4. The van der Waals surface area contributed by atoms with Crippen LogP contribution in [0.3, 0.4) is 0 Å². The predicted octanol–water partition coefficient (Wildman–Crippen LogP) is -0.476. The average molecular weight is 787 g/mol. The summed E-state index contributed by atoms with van der Waals surface area (Å²) < 4.78 is 59.4. The quantitative estimate of drug-likeness (QED) is 0.0770. The lowest BCUT2D eigenvalue weighted by Gasteiger charge is -2.33. The van der Waals surface area contributed by atoms with Crippen LogP contribution < -0.4 is 11.5 Å². The minimum atomic E-state index is -2.99. The second-order valence-corrected chi connectivity index (χ2v) is 12.2. The summed E-state index contributed by atoms with van der Waals surface area (Å²) in [6, 6.07) is 0. The molecule has 0 amide bonds. The van der Waals surface area contributed by atoms with Gasteiger partial charge in [-0.2, -0.15) is 0 Å². The summed E-state index contributed by atoms with van der Waals surface area (Å²) >= 11 is 0. The fourth-order valence-electron chi connectivity index (χ4n) is 5.80. The normalized spacial score (nSPS) is 29.5. The van der Waals surface area contributed by atoms with Crippen LogP contribution in [0, 0.1) is 24.7 Å². The molecule has 298 valence electrons. The predicted molar refractivity (Wildman–Crippen MR) is 184 cm³/mol. The molecule has 0 bridgehead atoms. The summed E-state index contributed by atoms with van der Waals surface area (Å²) in [5.74, 6) is -4.09. The third-order valence-corrected chi connectivity index (χ3v) is 8.74. The van der Waals surface area contributed by atoms with E-state index in [-0.39, 0.29) is 53.2 Å². The first-order valence-corrected chi connectivity index (χ1v) is 16.7. The van der Waals surface area contributed by atoms with Crippen LogP contribution in [0.2, 0.25) is 0 Å². The van der Waals surface area contributed by atoms with Gasteiger partial charge in [-0.15, -0.1) is 12.8 Å². The Labute approximate surface area is 315 Å². The zero-order chi connectivity index (χ0) is 41.2. The number of alkyl halides is 2. The summed E-state index contributed by atoms with van der Waals surface area (Å²) in [4.78, 5) is 60.0. The molecule has 0 saturated carbocycles. The van der Waals surface area contributed by atoms with Gasteiger partial charge in [-0.25, -0.2) is 38.7 Å². The molecule has 4 aromatic rings. The van der Waals surface area contributed by atoms with Crippen molar-refractivity contribution in [3.63, 3.8) is 0 Å². The van der Waals surface area contributed by atoms with E-state index in [1.54, 1.807) is 0 Å². The number of fused-ring (bicyclic) bond motifs is 2. The van der Waals surface area contributed by atoms with E-state index in [2.05, 4.69) is 35.8 Å². The fraction of sp³-hybridized carbons (Fsp3) is 0.485. The van der Waals surface area contributed by atoms with Crippen LogP contribution >= 0.6 is 0 Å². The van der Waals surface area contributed by atoms with Crippen molar-refractivity contribution in [1.29, 1.82) is 0 Å². The summed E-state index contributed by atoms with van der Waals surface area (Å²) in [6.07, 6.45) is 7.96. The number of nitrogens with two attached hydrogens (primary N) is 2. The second kappa shape index (κ2) is 15.6. The Bertz CT molecular complexity index is 2230. The van der Waals surface area contributed by atoms with Gasteiger partial charge in [0.05, 0.1) is 12.7 Å². The molecular formula is C33H36F2N10O11. The standard InChI is InChI=1S/C21H24FN5O7.C12H12FN5O4/c1-5-12(28)31-9-21(22)18(32-13(29)6-2)20(8-4,33-14(30)7-3)19(34-21)27-11-26-15-16(23)24-10-25-17(15)27;1-2-11(21)9(20)12(13,3-19)22-10(11)18-5-17-6-7(14)15-4-16-8(6)18/h4,10-11,18-19H,5-7,9H2,1-3H3,(H2,23,24,25);1,4-5,9-10,19-21H,3H2,(H2,14,15,16)/t18-,19+,20+,21+;9-,10+,11+,12+/m00/s1. The Morgan fingerprint density at radius 1 is 0.839 bits per heavy atom. The Balaban J connectivity index is 0.000000234. The van der Waals surface area contributed by atoms with Crippen molar-refractivity contribution in [2.45, 2.75) is 87.6 Å². The number of aliphatic hydroxyl groups is 3. The smallest absolute Gasteiger partial charge is 0.307 e. The highest BCUT2D eigenvalue weighted by atomic mass is 19.2. The number of nitrogens with zero attached hydrogens (tertiary/aromatic N) is 8. The van der Waals surface area contributed by atoms with Crippen molar-refractivity contribution in [1.82, 2.24) is 39.0 Å². The van der Waals surface area contributed by atoms with E-state index in [0.29, 0.717) is 0 Å². The summed E-state index contributed by atoms with van der Waals surface area (Å²) in [5, 5.41) is 29.4. The number of aliphatic hydroxyl groups excluding tert-OH is 2. The van der Waals surface area contributed by atoms with Gasteiger partial charge in [0.2, 0.25) is 11.7 Å². The average Bonchev–Trinajstić information content (AvgIpc) is 3.94. The van der Waals surface area contributed by atoms with Crippen LogP contribution in [0.5, 0.6) is 0 Å². The van der Waals surface area contributed by atoms with Gasteiger partial charge >= 0.3 is 17.9 Å². The molecule has 2 aliphatic rings. The van der Waals surface area contributed by atoms with Gasteiger partial charge in [-0.3, -0.25) is 23.5 Å². The largest absolute Gasteiger partial charge is 0.459 e. The zero-order valence-electron chi connectivity index (χ0n) is 29.9. The molecule has 6 rings (SSSR count). The molecule has 56 heavy (non-hydrogen) atoms. The van der Waals surface area contributed by atoms with E-state index in [0.717, 1.165) is 17.2 Å². The van der Waals surface area contributed by atoms with E-state index in [4.69, 9.17) is 53.1 Å². The topological polar surface area (TPSA) is 297 Å². The minimum absolute atomic E-state index is 0.0240. The van der Waals surface area contributed by atoms with Crippen molar-refractivity contribution < 1.29 is 62.2 Å². The van der Waals surface area contributed by atoms with Crippen LogP contribution in [0.1, 0.15) is 52.5 Å². The number of carbonyl (C=O) groups is 3. The molecule has 0 aromatic carbocycles. The monoisotopic (exact) mass is 786 g/mol. The third kappa shape index (κ3) is 6.86. The minimum Gasteiger partial charge on any atom is -0.459 e. The Kier molecular flexibility index (Phi) is 11.4. The molecule has 0 aliphatic carbocycles. The first-order valence-electron chi connectivity index (χ1n) is 16.7.